The highest BCUT2D eigenvalue weighted by Gasteiger charge is 2.21. The van der Waals surface area contributed by atoms with Gasteiger partial charge in [-0.25, -0.2) is 4.79 Å². The van der Waals surface area contributed by atoms with Gasteiger partial charge in [0.15, 0.2) is 0 Å². The van der Waals surface area contributed by atoms with Crippen molar-refractivity contribution >= 4 is 43.6 Å². The second-order valence-electron chi connectivity index (χ2n) is 2.98. The van der Waals surface area contributed by atoms with Gasteiger partial charge in [-0.15, -0.1) is 0 Å². The molecule has 0 aromatic heterocycles. The van der Waals surface area contributed by atoms with Crippen LogP contribution in [0.4, 0.5) is 0 Å². The predicted octanol–water partition coefficient (Wildman–Crippen LogP) is 3.17. The van der Waals surface area contributed by atoms with E-state index in [4.69, 9.17) is 5.11 Å². The molecule has 1 N–H and O–H groups in total. The van der Waals surface area contributed by atoms with Crippen LogP contribution in [0.2, 0.25) is 0 Å². The Bertz CT molecular complexity index is 415. The molecule has 1 aromatic carbocycles. The molecule has 1 aromatic rings. The molecule has 0 saturated heterocycles. The predicted molar refractivity (Wildman–Crippen MR) is 63.5 cm³/mol. The van der Waals surface area contributed by atoms with Crippen molar-refractivity contribution in [3.05, 3.63) is 33.8 Å². The van der Waals surface area contributed by atoms with Crippen LogP contribution in [0, 0.1) is 0 Å². The maximum atomic E-state index is 11.2. The number of hydrogen-bond acceptors (Lipinski definition) is 2. The Morgan fingerprint density at radius 1 is 1.40 bits per heavy atom. The van der Waals surface area contributed by atoms with Crippen LogP contribution in [0.15, 0.2) is 22.7 Å². The molecular weight excluding hydrogens is 328 g/mol. The zero-order valence-electron chi connectivity index (χ0n) is 7.83. The molecule has 1 atom stereocenters. The first kappa shape index (κ1) is 12.4. The molecule has 80 valence electrons. The summed E-state index contributed by atoms with van der Waals surface area (Å²) in [6, 6.07) is 4.95. The van der Waals surface area contributed by atoms with E-state index in [2.05, 4.69) is 31.9 Å². The number of carboxylic acid groups (broad SMARTS) is 1. The van der Waals surface area contributed by atoms with Gasteiger partial charge in [0.25, 0.3) is 0 Å². The van der Waals surface area contributed by atoms with Gasteiger partial charge in [0.05, 0.1) is 10.4 Å². The molecule has 15 heavy (non-hydrogen) atoms. The fourth-order valence-corrected chi connectivity index (χ4v) is 2.13. The van der Waals surface area contributed by atoms with Gasteiger partial charge in [0.2, 0.25) is 0 Å². The van der Waals surface area contributed by atoms with Crippen LogP contribution in [0.1, 0.15) is 27.7 Å². The summed E-state index contributed by atoms with van der Waals surface area (Å²) >= 11 is 6.32. The zero-order valence-corrected chi connectivity index (χ0v) is 11.0. The van der Waals surface area contributed by atoms with Crippen LogP contribution in [-0.4, -0.2) is 16.9 Å². The molecule has 1 unspecified atom stereocenters. The highest BCUT2D eigenvalue weighted by molar-refractivity contribution is 9.10. The van der Waals surface area contributed by atoms with E-state index in [1.54, 1.807) is 18.2 Å². The lowest BCUT2D eigenvalue weighted by Crippen LogP contribution is -2.09. The van der Waals surface area contributed by atoms with Crippen molar-refractivity contribution in [2.75, 3.05) is 0 Å². The van der Waals surface area contributed by atoms with Crippen LogP contribution < -0.4 is 0 Å². The molecule has 0 spiro atoms. The summed E-state index contributed by atoms with van der Waals surface area (Å²) in [5.74, 6) is -1.18. The number of hydrogen-bond donors (Lipinski definition) is 1. The maximum Gasteiger partial charge on any atom is 0.337 e. The average molecular weight is 336 g/mol. The molecule has 0 aliphatic heterocycles. The van der Waals surface area contributed by atoms with Crippen LogP contribution in [0.3, 0.4) is 0 Å². The van der Waals surface area contributed by atoms with Gasteiger partial charge >= 0.3 is 5.97 Å². The van der Waals surface area contributed by atoms with Crippen molar-refractivity contribution in [1.29, 1.82) is 0 Å². The minimum Gasteiger partial charge on any atom is -0.478 e. The molecule has 0 radical (unpaired) electrons. The number of benzene rings is 1. The quantitative estimate of drug-likeness (QED) is 0.863. The standard InChI is InChI=1S/C10H8Br2O3/c1-5(13)9(12)6-3-2-4-7(11)8(6)10(14)15/h2-4,9H,1H3,(H,14,15). The largest absolute Gasteiger partial charge is 0.478 e. The van der Waals surface area contributed by atoms with Crippen molar-refractivity contribution in [3.63, 3.8) is 0 Å². The van der Waals surface area contributed by atoms with Crippen molar-refractivity contribution in [2.45, 2.75) is 11.8 Å². The summed E-state index contributed by atoms with van der Waals surface area (Å²) in [6.45, 7) is 1.41. The highest BCUT2D eigenvalue weighted by Crippen LogP contribution is 2.31. The van der Waals surface area contributed by atoms with Gasteiger partial charge in [0.1, 0.15) is 5.78 Å². The number of carbonyl (C=O) groups excluding carboxylic acids is 1. The van der Waals surface area contributed by atoms with Crippen molar-refractivity contribution < 1.29 is 14.7 Å². The molecular formula is C10H8Br2O3. The number of Topliss-reactive ketones (excluding diaryl/α,β-unsaturated/α-hetero) is 1. The second kappa shape index (κ2) is 4.90. The number of carboxylic acids is 1. The van der Waals surface area contributed by atoms with Gasteiger partial charge in [-0.2, -0.15) is 0 Å². The smallest absolute Gasteiger partial charge is 0.337 e. The Hall–Kier alpha value is -0.680. The van der Waals surface area contributed by atoms with Gasteiger partial charge < -0.3 is 5.11 Å². The third kappa shape index (κ3) is 2.66. The van der Waals surface area contributed by atoms with Crippen molar-refractivity contribution in [3.8, 4) is 0 Å². The summed E-state index contributed by atoms with van der Waals surface area (Å²) < 4.78 is 0.471. The number of halogens is 2. The summed E-state index contributed by atoms with van der Waals surface area (Å²) in [5.41, 5.74) is 0.582. The minimum atomic E-state index is -1.05. The SMILES string of the molecule is CC(=O)C(Br)c1cccc(Br)c1C(=O)O. The number of ketones is 1. The van der Waals surface area contributed by atoms with Crippen LogP contribution in [0.5, 0.6) is 0 Å². The van der Waals surface area contributed by atoms with E-state index in [0.717, 1.165) is 0 Å². The molecule has 1 rings (SSSR count). The second-order valence-corrected chi connectivity index (χ2v) is 4.75. The highest BCUT2D eigenvalue weighted by atomic mass is 79.9. The average Bonchev–Trinajstić information content (AvgIpc) is 2.15. The Morgan fingerprint density at radius 3 is 2.47 bits per heavy atom. The van der Waals surface area contributed by atoms with E-state index in [-0.39, 0.29) is 11.3 Å². The van der Waals surface area contributed by atoms with Gasteiger partial charge in [0, 0.05) is 4.47 Å². The van der Waals surface area contributed by atoms with E-state index in [9.17, 15) is 9.59 Å². The Labute approximate surface area is 104 Å². The van der Waals surface area contributed by atoms with Gasteiger partial charge in [-0.1, -0.05) is 28.1 Å². The maximum absolute atomic E-state index is 11.2. The van der Waals surface area contributed by atoms with Crippen LogP contribution in [0.25, 0.3) is 0 Å². The summed E-state index contributed by atoms with van der Waals surface area (Å²) in [4.78, 5) is 21.6. The third-order valence-electron chi connectivity index (χ3n) is 1.89. The van der Waals surface area contributed by atoms with E-state index < -0.39 is 10.8 Å². The summed E-state index contributed by atoms with van der Waals surface area (Å²) in [5, 5.41) is 9.02. The number of alkyl halides is 1. The number of aromatic carboxylic acids is 1. The van der Waals surface area contributed by atoms with E-state index >= 15 is 0 Å². The van der Waals surface area contributed by atoms with Gasteiger partial charge in [-0.3, -0.25) is 4.79 Å². The van der Waals surface area contributed by atoms with Crippen LogP contribution >= 0.6 is 31.9 Å². The third-order valence-corrected chi connectivity index (χ3v) is 3.69. The fourth-order valence-electron chi connectivity index (χ4n) is 1.20. The molecule has 0 amide bonds. The molecule has 0 bridgehead atoms. The lowest BCUT2D eigenvalue weighted by Gasteiger charge is -2.11. The molecule has 0 fully saturated rings. The molecule has 5 heteroatoms. The topological polar surface area (TPSA) is 54.4 Å². The molecule has 0 aliphatic carbocycles. The fraction of sp³-hybridized carbons (Fsp3) is 0.200. The molecule has 0 heterocycles. The Morgan fingerprint density at radius 2 is 2.00 bits per heavy atom. The zero-order chi connectivity index (χ0) is 11.6. The minimum absolute atomic E-state index is 0.120. The van der Waals surface area contributed by atoms with Crippen molar-refractivity contribution in [2.24, 2.45) is 0 Å². The first-order valence-corrected chi connectivity index (χ1v) is 5.82. The Balaban J connectivity index is 3.35. The van der Waals surface area contributed by atoms with Crippen LogP contribution in [-0.2, 0) is 4.79 Å². The molecule has 3 nitrogen and oxygen atoms in total. The van der Waals surface area contributed by atoms with E-state index in [0.29, 0.717) is 10.0 Å². The Kier molecular flexibility index (Phi) is 4.04. The number of carbonyl (C=O) groups is 2. The lowest BCUT2D eigenvalue weighted by atomic mass is 10.0. The normalized spacial score (nSPS) is 12.2. The van der Waals surface area contributed by atoms with Gasteiger partial charge in [-0.05, 0) is 34.5 Å². The summed E-state index contributed by atoms with van der Waals surface area (Å²) in [6.07, 6.45) is 0. The first-order chi connectivity index (χ1) is 6.95. The lowest BCUT2D eigenvalue weighted by molar-refractivity contribution is -0.116. The molecule has 0 aliphatic rings. The first-order valence-electron chi connectivity index (χ1n) is 4.11. The monoisotopic (exact) mass is 334 g/mol. The van der Waals surface area contributed by atoms with E-state index in [1.165, 1.54) is 6.92 Å². The summed E-state index contributed by atoms with van der Waals surface area (Å²) in [7, 11) is 0. The molecule has 0 saturated carbocycles. The number of rotatable bonds is 3. The van der Waals surface area contributed by atoms with E-state index in [1.807, 2.05) is 0 Å². The van der Waals surface area contributed by atoms with Crippen molar-refractivity contribution in [1.82, 2.24) is 0 Å².